The van der Waals surface area contributed by atoms with Gasteiger partial charge in [0.05, 0.1) is 27.1 Å². The summed E-state index contributed by atoms with van der Waals surface area (Å²) in [4.78, 5) is 25.0. The minimum Gasteiger partial charge on any atom is -0.493 e. The largest absolute Gasteiger partial charge is 0.493 e. The first kappa shape index (κ1) is 19.5. The number of rotatable bonds is 7. The van der Waals surface area contributed by atoms with Gasteiger partial charge in [-0.2, -0.15) is 0 Å². The molecule has 146 valence electrons. The van der Waals surface area contributed by atoms with Crippen molar-refractivity contribution < 1.29 is 28.2 Å². The monoisotopic (exact) mass is 401 g/mol. The molecule has 0 atom stereocenters. The molecule has 0 aliphatic rings. The summed E-state index contributed by atoms with van der Waals surface area (Å²) in [5.74, 6) is 0.281. The van der Waals surface area contributed by atoms with Crippen LogP contribution in [0.3, 0.4) is 0 Å². The number of carbonyl (C=O) groups is 2. The van der Waals surface area contributed by atoms with Crippen molar-refractivity contribution in [1.82, 2.24) is 0 Å². The summed E-state index contributed by atoms with van der Waals surface area (Å²) >= 11 is 1.23. The quantitative estimate of drug-likeness (QED) is 0.589. The van der Waals surface area contributed by atoms with Gasteiger partial charge in [-0.1, -0.05) is 6.07 Å². The van der Waals surface area contributed by atoms with Crippen LogP contribution in [0.25, 0.3) is 11.1 Å². The Bertz CT molecular complexity index is 977. The molecule has 0 aliphatic heterocycles. The second-order valence-corrected chi connectivity index (χ2v) is 6.45. The molecule has 0 bridgehead atoms. The average molecular weight is 401 g/mol. The van der Waals surface area contributed by atoms with E-state index < -0.39 is 11.9 Å². The van der Waals surface area contributed by atoms with Gasteiger partial charge in [0.25, 0.3) is 5.91 Å². The molecule has 2 heterocycles. The van der Waals surface area contributed by atoms with Crippen molar-refractivity contribution in [2.75, 3.05) is 26.1 Å². The van der Waals surface area contributed by atoms with Gasteiger partial charge in [-0.3, -0.25) is 4.79 Å². The first-order chi connectivity index (χ1) is 13.6. The van der Waals surface area contributed by atoms with E-state index in [1.165, 1.54) is 24.7 Å². The van der Waals surface area contributed by atoms with Crippen LogP contribution in [0, 0.1) is 0 Å². The van der Waals surface area contributed by atoms with Crippen LogP contribution in [-0.2, 0) is 4.74 Å². The Morgan fingerprint density at radius 2 is 1.93 bits per heavy atom. The highest BCUT2D eigenvalue weighted by molar-refractivity contribution is 7.15. The number of methoxy groups -OCH3 is 2. The van der Waals surface area contributed by atoms with Crippen LogP contribution in [0.5, 0.6) is 11.5 Å². The number of ether oxygens (including phenoxy) is 3. The lowest BCUT2D eigenvalue weighted by Gasteiger charge is -2.11. The molecule has 0 spiro atoms. The Labute approximate surface area is 165 Å². The number of hydrogen-bond donors (Lipinski definition) is 1. The van der Waals surface area contributed by atoms with Gasteiger partial charge in [0.15, 0.2) is 17.3 Å². The number of furan rings is 1. The molecular formula is C20H19NO6S. The molecule has 0 fully saturated rings. The molecule has 3 aromatic rings. The summed E-state index contributed by atoms with van der Waals surface area (Å²) in [6, 6.07) is 8.49. The Hall–Kier alpha value is -3.26. The van der Waals surface area contributed by atoms with Gasteiger partial charge in [-0.15, -0.1) is 11.3 Å². The van der Waals surface area contributed by atoms with Crippen molar-refractivity contribution in [2.45, 2.75) is 6.92 Å². The van der Waals surface area contributed by atoms with E-state index in [0.717, 1.165) is 5.56 Å². The molecule has 0 saturated carbocycles. The fourth-order valence-corrected chi connectivity index (χ4v) is 3.60. The SMILES string of the molecule is CCOC(=O)c1c(-c2ccc(OC)c(OC)c2)csc1NC(=O)c1ccco1. The minimum absolute atomic E-state index is 0.149. The Kier molecular flexibility index (Phi) is 6.00. The summed E-state index contributed by atoms with van der Waals surface area (Å²) in [7, 11) is 3.09. The predicted molar refractivity (Wildman–Crippen MR) is 105 cm³/mol. The summed E-state index contributed by atoms with van der Waals surface area (Å²) in [6.45, 7) is 1.94. The normalized spacial score (nSPS) is 10.4. The van der Waals surface area contributed by atoms with Crippen molar-refractivity contribution in [2.24, 2.45) is 0 Å². The lowest BCUT2D eigenvalue weighted by Crippen LogP contribution is -2.14. The maximum Gasteiger partial charge on any atom is 0.341 e. The van der Waals surface area contributed by atoms with Crippen LogP contribution in [0.15, 0.2) is 46.4 Å². The van der Waals surface area contributed by atoms with Gasteiger partial charge >= 0.3 is 5.97 Å². The first-order valence-corrected chi connectivity index (χ1v) is 9.32. The van der Waals surface area contributed by atoms with Crippen molar-refractivity contribution >= 4 is 28.2 Å². The maximum atomic E-state index is 12.6. The molecule has 8 heteroatoms. The third kappa shape index (κ3) is 3.86. The summed E-state index contributed by atoms with van der Waals surface area (Å²) in [5, 5.41) is 4.88. The fourth-order valence-electron chi connectivity index (χ4n) is 2.64. The Balaban J connectivity index is 2.03. The number of carbonyl (C=O) groups excluding carboxylic acids is 2. The standard InChI is InChI=1S/C20H19NO6S/c1-4-26-20(23)17-13(12-7-8-14(24-2)16(10-12)25-3)11-28-19(17)21-18(22)15-6-5-9-27-15/h5-11H,4H2,1-3H3,(H,21,22). The highest BCUT2D eigenvalue weighted by atomic mass is 32.1. The third-order valence-corrected chi connectivity index (χ3v) is 4.83. The number of hydrogen-bond acceptors (Lipinski definition) is 7. The zero-order chi connectivity index (χ0) is 20.1. The lowest BCUT2D eigenvalue weighted by molar-refractivity contribution is 0.0529. The van der Waals surface area contributed by atoms with Crippen LogP contribution in [0.4, 0.5) is 5.00 Å². The van der Waals surface area contributed by atoms with Crippen molar-refractivity contribution in [3.63, 3.8) is 0 Å². The molecule has 3 rings (SSSR count). The van der Waals surface area contributed by atoms with Crippen LogP contribution in [0.2, 0.25) is 0 Å². The number of thiophene rings is 1. The number of benzene rings is 1. The molecule has 7 nitrogen and oxygen atoms in total. The summed E-state index contributed by atoms with van der Waals surface area (Å²) in [6.07, 6.45) is 1.41. The third-order valence-electron chi connectivity index (χ3n) is 3.94. The van der Waals surface area contributed by atoms with E-state index in [9.17, 15) is 9.59 Å². The van der Waals surface area contributed by atoms with Gasteiger partial charge in [0.2, 0.25) is 0 Å². The van der Waals surface area contributed by atoms with Crippen molar-refractivity contribution in [1.29, 1.82) is 0 Å². The molecular weight excluding hydrogens is 382 g/mol. The second kappa shape index (κ2) is 8.62. The van der Waals surface area contributed by atoms with Crippen LogP contribution < -0.4 is 14.8 Å². The van der Waals surface area contributed by atoms with E-state index in [1.54, 1.807) is 43.7 Å². The van der Waals surface area contributed by atoms with Gasteiger partial charge in [0, 0.05) is 10.9 Å². The average Bonchev–Trinajstić information content (AvgIpc) is 3.37. The zero-order valence-electron chi connectivity index (χ0n) is 15.6. The maximum absolute atomic E-state index is 12.6. The van der Waals surface area contributed by atoms with E-state index in [4.69, 9.17) is 18.6 Å². The van der Waals surface area contributed by atoms with E-state index in [2.05, 4.69) is 5.32 Å². The number of nitrogens with one attached hydrogen (secondary N) is 1. The molecule has 0 saturated heterocycles. The van der Waals surface area contributed by atoms with Crippen molar-refractivity contribution in [3.8, 4) is 22.6 Å². The Morgan fingerprint density at radius 3 is 2.57 bits per heavy atom. The van der Waals surface area contributed by atoms with Crippen LogP contribution in [-0.4, -0.2) is 32.7 Å². The number of amides is 1. The minimum atomic E-state index is -0.525. The molecule has 1 amide bonds. The number of anilines is 1. The topological polar surface area (TPSA) is 87.0 Å². The Morgan fingerprint density at radius 1 is 1.14 bits per heavy atom. The lowest BCUT2D eigenvalue weighted by atomic mass is 10.0. The van der Waals surface area contributed by atoms with Crippen LogP contribution in [0.1, 0.15) is 27.8 Å². The molecule has 2 aromatic heterocycles. The summed E-state index contributed by atoms with van der Waals surface area (Å²) < 4.78 is 20.9. The fraction of sp³-hybridized carbons (Fsp3) is 0.200. The van der Waals surface area contributed by atoms with E-state index in [0.29, 0.717) is 22.1 Å². The second-order valence-electron chi connectivity index (χ2n) is 5.58. The molecule has 1 N–H and O–H groups in total. The molecule has 28 heavy (non-hydrogen) atoms. The van der Waals surface area contributed by atoms with Gasteiger partial charge in [-0.05, 0) is 36.8 Å². The van der Waals surface area contributed by atoms with Crippen LogP contribution >= 0.6 is 11.3 Å². The van der Waals surface area contributed by atoms with E-state index in [1.807, 2.05) is 6.07 Å². The molecule has 0 radical (unpaired) electrons. The molecule has 0 aliphatic carbocycles. The zero-order valence-corrected chi connectivity index (χ0v) is 16.4. The van der Waals surface area contributed by atoms with Crippen molar-refractivity contribution in [3.05, 3.63) is 53.3 Å². The van der Waals surface area contributed by atoms with E-state index >= 15 is 0 Å². The number of esters is 1. The molecule has 0 unspecified atom stereocenters. The predicted octanol–water partition coefficient (Wildman–Crippen LogP) is 4.45. The first-order valence-electron chi connectivity index (χ1n) is 8.44. The highest BCUT2D eigenvalue weighted by Gasteiger charge is 2.24. The summed E-state index contributed by atoms with van der Waals surface area (Å²) in [5.41, 5.74) is 1.63. The van der Waals surface area contributed by atoms with Gasteiger partial charge < -0.3 is 23.9 Å². The molecule has 1 aromatic carbocycles. The van der Waals surface area contributed by atoms with E-state index in [-0.39, 0.29) is 17.9 Å². The highest BCUT2D eigenvalue weighted by Crippen LogP contribution is 2.39. The smallest absolute Gasteiger partial charge is 0.341 e. The van der Waals surface area contributed by atoms with Gasteiger partial charge in [0.1, 0.15) is 10.6 Å². The van der Waals surface area contributed by atoms with Gasteiger partial charge in [-0.25, -0.2) is 4.79 Å².